The van der Waals surface area contributed by atoms with Crippen molar-refractivity contribution in [2.45, 2.75) is 49.4 Å². The highest BCUT2D eigenvalue weighted by atomic mass is 32.2. The lowest BCUT2D eigenvalue weighted by Gasteiger charge is -2.25. The second-order valence-corrected chi connectivity index (χ2v) is 6.62. The van der Waals surface area contributed by atoms with Crippen molar-refractivity contribution >= 4 is 10.1 Å². The monoisotopic (exact) mass is 441 g/mol. The molecule has 0 saturated heterocycles. The average molecular weight is 441 g/mol. The van der Waals surface area contributed by atoms with Crippen LogP contribution in [-0.4, -0.2) is 81.3 Å². The second-order valence-electron chi connectivity index (χ2n) is 5.13. The standard InChI is InChI=1S/C10H13F9O3S.C3H7N/c11-1-3(12)5(14)7(16)9(18)10(19)8(17)6(15)4(13)2-23(20,21)22;1-2-3-4/h3-10H,1-2H2,(H,20,21,22);2H,1,3-4H2. The van der Waals surface area contributed by atoms with Gasteiger partial charge in [0.1, 0.15) is 12.4 Å². The lowest BCUT2D eigenvalue weighted by molar-refractivity contribution is -0.0460. The van der Waals surface area contributed by atoms with Crippen LogP contribution < -0.4 is 5.73 Å². The summed E-state index contributed by atoms with van der Waals surface area (Å²) in [6.45, 7) is 1.85. The quantitative estimate of drug-likeness (QED) is 0.294. The molecule has 0 aliphatic rings. The van der Waals surface area contributed by atoms with Gasteiger partial charge in [0.2, 0.25) is 0 Å². The van der Waals surface area contributed by atoms with E-state index in [1.54, 1.807) is 6.08 Å². The van der Waals surface area contributed by atoms with Crippen LogP contribution in [0, 0.1) is 0 Å². The molecule has 14 heteroatoms. The summed E-state index contributed by atoms with van der Waals surface area (Å²) in [7, 11) is -5.12. The van der Waals surface area contributed by atoms with Crippen molar-refractivity contribution in [3.63, 3.8) is 0 Å². The summed E-state index contributed by atoms with van der Waals surface area (Å²) in [6.07, 6.45) is -27.1. The molecule has 0 aromatic rings. The van der Waals surface area contributed by atoms with Crippen LogP contribution in [0.15, 0.2) is 12.7 Å². The molecule has 0 heterocycles. The molecular formula is C13H20F9NO3S. The largest absolute Gasteiger partial charge is 0.327 e. The molecule has 0 spiro atoms. The van der Waals surface area contributed by atoms with E-state index >= 15 is 0 Å². The van der Waals surface area contributed by atoms with Crippen molar-refractivity contribution in [3.05, 3.63) is 12.7 Å². The Labute approximate surface area is 150 Å². The van der Waals surface area contributed by atoms with E-state index in [0.29, 0.717) is 6.54 Å². The van der Waals surface area contributed by atoms with E-state index in [-0.39, 0.29) is 0 Å². The van der Waals surface area contributed by atoms with Gasteiger partial charge in [0.15, 0.2) is 49.4 Å². The van der Waals surface area contributed by atoms with E-state index in [2.05, 4.69) is 6.58 Å². The van der Waals surface area contributed by atoms with Gasteiger partial charge >= 0.3 is 0 Å². The van der Waals surface area contributed by atoms with Crippen LogP contribution in [0.25, 0.3) is 0 Å². The second kappa shape index (κ2) is 13.2. The van der Waals surface area contributed by atoms with Crippen molar-refractivity contribution in [1.82, 2.24) is 0 Å². The number of rotatable bonds is 11. The summed E-state index contributed by atoms with van der Waals surface area (Å²) in [4.78, 5) is 0. The normalized spacial score (nSPS) is 20.9. The fourth-order valence-electron chi connectivity index (χ4n) is 1.48. The summed E-state index contributed by atoms with van der Waals surface area (Å²) in [6, 6.07) is 0. The van der Waals surface area contributed by atoms with Gasteiger partial charge in [-0.25, -0.2) is 39.5 Å². The minimum absolute atomic E-state index is 0.583. The molecule has 0 rings (SSSR count). The van der Waals surface area contributed by atoms with Gasteiger partial charge in [0.25, 0.3) is 10.1 Å². The highest BCUT2D eigenvalue weighted by Gasteiger charge is 2.47. The van der Waals surface area contributed by atoms with Crippen LogP contribution in [-0.2, 0) is 10.1 Å². The maximum absolute atomic E-state index is 13.2. The third-order valence-corrected chi connectivity index (χ3v) is 3.64. The molecule has 8 atom stereocenters. The van der Waals surface area contributed by atoms with Crippen molar-refractivity contribution in [3.8, 4) is 0 Å². The van der Waals surface area contributed by atoms with Crippen molar-refractivity contribution in [2.24, 2.45) is 5.73 Å². The average Bonchev–Trinajstić information content (AvgIpc) is 2.62. The zero-order valence-corrected chi connectivity index (χ0v) is 14.5. The summed E-state index contributed by atoms with van der Waals surface area (Å²) in [5.74, 6) is -1.99. The molecule has 0 amide bonds. The highest BCUT2D eigenvalue weighted by Crippen LogP contribution is 2.27. The van der Waals surface area contributed by atoms with Gasteiger partial charge in [-0.05, 0) is 0 Å². The molecular weight excluding hydrogens is 421 g/mol. The molecule has 4 nitrogen and oxygen atoms in total. The Kier molecular flexibility index (Phi) is 13.8. The first-order valence-corrected chi connectivity index (χ1v) is 8.80. The van der Waals surface area contributed by atoms with Crippen molar-refractivity contribution in [2.75, 3.05) is 19.0 Å². The van der Waals surface area contributed by atoms with Gasteiger partial charge in [0.05, 0.1) is 0 Å². The maximum Gasteiger partial charge on any atom is 0.267 e. The fourth-order valence-corrected chi connectivity index (χ4v) is 2.07. The van der Waals surface area contributed by atoms with Crippen LogP contribution in [0.3, 0.4) is 0 Å². The Morgan fingerprint density at radius 1 is 0.815 bits per heavy atom. The molecule has 0 bridgehead atoms. The lowest BCUT2D eigenvalue weighted by atomic mass is 9.98. The molecule has 0 aromatic heterocycles. The summed E-state index contributed by atoms with van der Waals surface area (Å²) in [5.41, 5.74) is 4.91. The minimum atomic E-state index is -5.12. The number of halogens is 9. The first kappa shape index (κ1) is 28.2. The number of alkyl halides is 9. The van der Waals surface area contributed by atoms with Crippen LogP contribution in [0.1, 0.15) is 0 Å². The van der Waals surface area contributed by atoms with E-state index in [0.717, 1.165) is 0 Å². The van der Waals surface area contributed by atoms with Gasteiger partial charge in [-0.15, -0.1) is 6.58 Å². The van der Waals surface area contributed by atoms with Crippen LogP contribution in [0.5, 0.6) is 0 Å². The third-order valence-electron chi connectivity index (χ3n) is 2.90. The minimum Gasteiger partial charge on any atom is -0.327 e. The third kappa shape index (κ3) is 10.8. The first-order chi connectivity index (χ1) is 12.2. The molecule has 0 aliphatic carbocycles. The Hall–Kier alpha value is -1.02. The molecule has 164 valence electrons. The van der Waals surface area contributed by atoms with E-state index in [1.807, 2.05) is 0 Å². The molecule has 0 aliphatic heterocycles. The molecule has 0 saturated carbocycles. The van der Waals surface area contributed by atoms with Gasteiger partial charge < -0.3 is 5.73 Å². The Morgan fingerprint density at radius 2 is 1.11 bits per heavy atom. The van der Waals surface area contributed by atoms with E-state index < -0.39 is 71.9 Å². The summed E-state index contributed by atoms with van der Waals surface area (Å²) < 4.78 is 145. The van der Waals surface area contributed by atoms with Crippen LogP contribution in [0.2, 0.25) is 0 Å². The maximum atomic E-state index is 13.2. The van der Waals surface area contributed by atoms with E-state index in [1.165, 1.54) is 0 Å². The van der Waals surface area contributed by atoms with Crippen LogP contribution in [0.4, 0.5) is 39.5 Å². The van der Waals surface area contributed by atoms with Crippen molar-refractivity contribution < 1.29 is 52.5 Å². The number of nitrogens with two attached hydrogens (primary N) is 1. The molecule has 0 radical (unpaired) electrons. The van der Waals surface area contributed by atoms with Crippen LogP contribution >= 0.6 is 0 Å². The predicted octanol–water partition coefficient (Wildman–Crippen LogP) is 2.68. The first-order valence-electron chi connectivity index (χ1n) is 7.19. The number of hydrogen-bond acceptors (Lipinski definition) is 3. The topological polar surface area (TPSA) is 80.4 Å². The predicted molar refractivity (Wildman–Crippen MR) is 80.8 cm³/mol. The molecule has 0 aromatic carbocycles. The van der Waals surface area contributed by atoms with Gasteiger partial charge in [-0.3, -0.25) is 4.55 Å². The molecule has 0 fully saturated rings. The zero-order chi connectivity index (χ0) is 21.9. The number of hydrogen-bond donors (Lipinski definition) is 2. The van der Waals surface area contributed by atoms with Gasteiger partial charge in [-0.1, -0.05) is 6.08 Å². The van der Waals surface area contributed by atoms with E-state index in [4.69, 9.17) is 10.3 Å². The highest BCUT2D eigenvalue weighted by molar-refractivity contribution is 7.85. The van der Waals surface area contributed by atoms with Gasteiger partial charge in [-0.2, -0.15) is 8.42 Å². The summed E-state index contributed by atoms with van der Waals surface area (Å²) >= 11 is 0. The molecule has 3 N–H and O–H groups in total. The SMILES string of the molecule is C=CCN.O=S(=O)(O)CC(F)C(F)C(F)C(F)C(F)C(F)C(F)C(F)CF. The fraction of sp³-hybridized carbons (Fsp3) is 0.846. The van der Waals surface area contributed by atoms with Gasteiger partial charge in [0, 0.05) is 6.54 Å². The lowest BCUT2D eigenvalue weighted by Crippen LogP contribution is -2.47. The van der Waals surface area contributed by atoms with E-state index in [9.17, 15) is 47.9 Å². The van der Waals surface area contributed by atoms with Crippen molar-refractivity contribution in [1.29, 1.82) is 0 Å². The Balaban J connectivity index is 0. The Morgan fingerprint density at radius 3 is 1.37 bits per heavy atom. The summed E-state index contributed by atoms with van der Waals surface area (Å²) in [5, 5.41) is 0. The Bertz CT molecular complexity index is 513. The zero-order valence-electron chi connectivity index (χ0n) is 13.7. The molecule has 8 unspecified atom stereocenters. The smallest absolute Gasteiger partial charge is 0.267 e. The molecule has 27 heavy (non-hydrogen) atoms.